The van der Waals surface area contributed by atoms with Crippen LogP contribution in [0.15, 0.2) is 18.2 Å². The number of aryl methyl sites for hydroxylation is 1. The summed E-state index contributed by atoms with van der Waals surface area (Å²) in [7, 11) is 3.94. The molecule has 0 radical (unpaired) electrons. The van der Waals surface area contributed by atoms with Crippen molar-refractivity contribution in [2.45, 2.75) is 31.1 Å². The van der Waals surface area contributed by atoms with Gasteiger partial charge < -0.3 is 9.64 Å². The second-order valence-electron chi connectivity index (χ2n) is 5.45. The molecule has 3 heteroatoms. The Hall–Kier alpha value is -0.540. The van der Waals surface area contributed by atoms with Crippen molar-refractivity contribution in [3.8, 4) is 5.75 Å². The Morgan fingerprint density at radius 1 is 1.39 bits per heavy atom. The summed E-state index contributed by atoms with van der Waals surface area (Å²) in [4.78, 5) is 3.16. The van der Waals surface area contributed by atoms with Gasteiger partial charge in [0.25, 0.3) is 0 Å². The fraction of sp³-hybridized carbons (Fsp3) is 0.600. The zero-order valence-electron chi connectivity index (χ0n) is 11.4. The molecule has 1 saturated carbocycles. The number of nitrogens with zero attached hydrogens (tertiary/aromatic N) is 1. The molecule has 1 fully saturated rings. The maximum absolute atomic E-state index is 5.43. The number of halogens is 1. The molecule has 0 saturated heterocycles. The third kappa shape index (κ3) is 3.48. The van der Waals surface area contributed by atoms with Crippen LogP contribution in [0.25, 0.3) is 0 Å². The third-order valence-electron chi connectivity index (χ3n) is 3.62. The number of hydrogen-bond acceptors (Lipinski definition) is 2. The van der Waals surface area contributed by atoms with E-state index in [0.717, 1.165) is 23.0 Å². The Labute approximate surface area is 118 Å². The van der Waals surface area contributed by atoms with Crippen molar-refractivity contribution in [2.24, 2.45) is 5.92 Å². The minimum atomic E-state index is 0.754. The van der Waals surface area contributed by atoms with Gasteiger partial charge in [0, 0.05) is 23.5 Å². The highest BCUT2D eigenvalue weighted by Crippen LogP contribution is 2.34. The topological polar surface area (TPSA) is 12.5 Å². The van der Waals surface area contributed by atoms with Crippen LogP contribution in [0.1, 0.15) is 24.0 Å². The minimum absolute atomic E-state index is 0.754. The molecule has 0 spiro atoms. The van der Waals surface area contributed by atoms with E-state index in [9.17, 15) is 0 Å². The van der Waals surface area contributed by atoms with Crippen molar-refractivity contribution >= 4 is 15.9 Å². The lowest BCUT2D eigenvalue weighted by atomic mass is 9.85. The smallest absolute Gasteiger partial charge is 0.123 e. The lowest BCUT2D eigenvalue weighted by Gasteiger charge is -2.34. The summed E-state index contributed by atoms with van der Waals surface area (Å²) in [5, 5.41) is 0. The van der Waals surface area contributed by atoms with Gasteiger partial charge in [-0.3, -0.25) is 0 Å². The summed E-state index contributed by atoms with van der Waals surface area (Å²) in [5.41, 5.74) is 2.58. The fourth-order valence-electron chi connectivity index (χ4n) is 2.63. The van der Waals surface area contributed by atoms with Crippen molar-refractivity contribution in [2.75, 3.05) is 20.7 Å². The zero-order valence-corrected chi connectivity index (χ0v) is 13.0. The average Bonchev–Trinajstić information content (AvgIpc) is 2.27. The Balaban J connectivity index is 1.93. The summed E-state index contributed by atoms with van der Waals surface area (Å²) in [6.45, 7) is 4.28. The van der Waals surface area contributed by atoms with E-state index in [1.165, 1.54) is 30.5 Å². The van der Waals surface area contributed by atoms with E-state index in [1.807, 2.05) is 0 Å². The van der Waals surface area contributed by atoms with Crippen molar-refractivity contribution in [1.29, 1.82) is 0 Å². The first-order chi connectivity index (χ1) is 8.58. The van der Waals surface area contributed by atoms with Crippen molar-refractivity contribution < 1.29 is 4.74 Å². The van der Waals surface area contributed by atoms with Crippen LogP contribution in [0, 0.1) is 12.8 Å². The van der Waals surface area contributed by atoms with Gasteiger partial charge >= 0.3 is 0 Å². The average molecular weight is 312 g/mol. The highest BCUT2D eigenvalue weighted by molar-refractivity contribution is 9.09. The molecule has 1 aromatic carbocycles. The van der Waals surface area contributed by atoms with Gasteiger partial charge in [-0.15, -0.1) is 0 Å². The molecule has 1 aliphatic rings. The van der Waals surface area contributed by atoms with E-state index >= 15 is 0 Å². The Morgan fingerprint density at radius 3 is 2.72 bits per heavy atom. The normalized spacial score (nSPS) is 22.9. The van der Waals surface area contributed by atoms with Gasteiger partial charge in [0.15, 0.2) is 0 Å². The number of rotatable bonds is 5. The lowest BCUT2D eigenvalue weighted by molar-refractivity contribution is 0.206. The van der Waals surface area contributed by atoms with Crippen molar-refractivity contribution in [3.63, 3.8) is 0 Å². The molecule has 100 valence electrons. The fourth-order valence-corrected chi connectivity index (χ4v) is 3.69. The van der Waals surface area contributed by atoms with Crippen LogP contribution in [-0.4, -0.2) is 30.4 Å². The lowest BCUT2D eigenvalue weighted by Crippen LogP contribution is -2.34. The molecule has 1 aromatic rings. The van der Waals surface area contributed by atoms with Gasteiger partial charge in [-0.1, -0.05) is 33.6 Å². The Bertz CT molecular complexity index is 401. The predicted octanol–water partition coefficient (Wildman–Crippen LogP) is 3.61. The SMILES string of the molecule is COc1ccc(C)cc1CN(C)CC1CC(Br)C1. The second kappa shape index (κ2) is 6.07. The third-order valence-corrected chi connectivity index (χ3v) is 4.37. The van der Waals surface area contributed by atoms with E-state index in [0.29, 0.717) is 0 Å². The van der Waals surface area contributed by atoms with Gasteiger partial charge in [-0.05, 0) is 38.8 Å². The quantitative estimate of drug-likeness (QED) is 0.770. The molecule has 1 aliphatic carbocycles. The van der Waals surface area contributed by atoms with E-state index in [2.05, 4.69) is 53.0 Å². The second-order valence-corrected chi connectivity index (χ2v) is 6.74. The van der Waals surface area contributed by atoms with Gasteiger partial charge in [-0.25, -0.2) is 0 Å². The van der Waals surface area contributed by atoms with Gasteiger partial charge in [0.1, 0.15) is 5.75 Å². The molecule has 0 amide bonds. The first kappa shape index (κ1) is 13.9. The monoisotopic (exact) mass is 311 g/mol. The molecule has 0 atom stereocenters. The van der Waals surface area contributed by atoms with E-state index in [1.54, 1.807) is 7.11 Å². The van der Waals surface area contributed by atoms with Crippen LogP contribution in [0.3, 0.4) is 0 Å². The highest BCUT2D eigenvalue weighted by Gasteiger charge is 2.27. The predicted molar refractivity (Wildman–Crippen MR) is 79.5 cm³/mol. The standard InChI is InChI=1S/C15H22BrNO/c1-11-4-5-15(18-3)13(6-11)10-17(2)9-12-7-14(16)8-12/h4-6,12,14H,7-10H2,1-3H3. The number of methoxy groups -OCH3 is 1. The maximum atomic E-state index is 5.43. The summed E-state index contributed by atoms with van der Waals surface area (Å²) < 4.78 is 5.43. The largest absolute Gasteiger partial charge is 0.496 e. The minimum Gasteiger partial charge on any atom is -0.496 e. The van der Waals surface area contributed by atoms with Crippen LogP contribution in [0.4, 0.5) is 0 Å². The Kier molecular flexibility index (Phi) is 4.68. The molecular weight excluding hydrogens is 290 g/mol. The Morgan fingerprint density at radius 2 is 2.11 bits per heavy atom. The molecule has 2 nitrogen and oxygen atoms in total. The van der Waals surface area contributed by atoms with Gasteiger partial charge in [-0.2, -0.15) is 0 Å². The first-order valence-corrected chi connectivity index (χ1v) is 7.46. The van der Waals surface area contributed by atoms with Crippen molar-refractivity contribution in [1.82, 2.24) is 4.90 Å². The molecule has 0 unspecified atom stereocenters. The summed E-state index contributed by atoms with van der Waals surface area (Å²) in [5.74, 6) is 1.86. The molecule has 0 heterocycles. The molecule has 18 heavy (non-hydrogen) atoms. The highest BCUT2D eigenvalue weighted by atomic mass is 79.9. The molecular formula is C15H22BrNO. The van der Waals surface area contributed by atoms with Crippen molar-refractivity contribution in [3.05, 3.63) is 29.3 Å². The summed E-state index contributed by atoms with van der Waals surface area (Å²) >= 11 is 3.65. The van der Waals surface area contributed by atoms with Crippen LogP contribution in [0.2, 0.25) is 0 Å². The van der Waals surface area contributed by atoms with Crippen LogP contribution in [0.5, 0.6) is 5.75 Å². The van der Waals surface area contributed by atoms with E-state index < -0.39 is 0 Å². The summed E-state index contributed by atoms with van der Waals surface area (Å²) in [6.07, 6.45) is 2.63. The number of ether oxygens (including phenoxy) is 1. The van der Waals surface area contributed by atoms with Gasteiger partial charge in [0.05, 0.1) is 7.11 Å². The van der Waals surface area contributed by atoms with Crippen LogP contribution >= 0.6 is 15.9 Å². The van der Waals surface area contributed by atoms with Crippen LogP contribution < -0.4 is 4.74 Å². The van der Waals surface area contributed by atoms with Crippen LogP contribution in [-0.2, 0) is 6.54 Å². The number of alkyl halides is 1. The first-order valence-electron chi connectivity index (χ1n) is 6.54. The molecule has 0 bridgehead atoms. The molecule has 0 aromatic heterocycles. The molecule has 2 rings (SSSR count). The zero-order chi connectivity index (χ0) is 13.1. The van der Waals surface area contributed by atoms with Gasteiger partial charge in [0.2, 0.25) is 0 Å². The summed E-state index contributed by atoms with van der Waals surface area (Å²) in [6, 6.07) is 6.39. The van der Waals surface area contributed by atoms with E-state index in [-0.39, 0.29) is 0 Å². The number of hydrogen-bond donors (Lipinski definition) is 0. The maximum Gasteiger partial charge on any atom is 0.123 e. The van der Waals surface area contributed by atoms with E-state index in [4.69, 9.17) is 4.74 Å². The number of benzene rings is 1. The molecule has 0 aliphatic heterocycles. The molecule has 0 N–H and O–H groups in total.